The summed E-state index contributed by atoms with van der Waals surface area (Å²) in [6.45, 7) is 11.9. The first-order valence-corrected chi connectivity index (χ1v) is 11.7. The zero-order valence-electron chi connectivity index (χ0n) is 19.1. The minimum Gasteiger partial charge on any atom is -0.465 e. The van der Waals surface area contributed by atoms with Gasteiger partial charge in [-0.2, -0.15) is 0 Å². The van der Waals surface area contributed by atoms with E-state index in [4.69, 9.17) is 9.47 Å². The van der Waals surface area contributed by atoms with Crippen LogP contribution in [-0.2, 0) is 19.1 Å². The summed E-state index contributed by atoms with van der Waals surface area (Å²) in [5.41, 5.74) is -0.0110. The Morgan fingerprint density at radius 1 is 0.897 bits per heavy atom. The molecule has 0 heterocycles. The van der Waals surface area contributed by atoms with E-state index in [2.05, 4.69) is 13.5 Å². The Hall–Kier alpha value is -1.32. The molecule has 166 valence electrons. The molecule has 2 saturated carbocycles. The topological polar surface area (TPSA) is 52.6 Å². The van der Waals surface area contributed by atoms with Crippen LogP contribution in [0.25, 0.3) is 0 Å². The van der Waals surface area contributed by atoms with Crippen molar-refractivity contribution in [1.82, 2.24) is 0 Å². The van der Waals surface area contributed by atoms with E-state index < -0.39 is 11.4 Å². The molecule has 2 fully saturated rings. The van der Waals surface area contributed by atoms with Crippen molar-refractivity contribution >= 4 is 11.9 Å². The molecule has 4 nitrogen and oxygen atoms in total. The lowest BCUT2D eigenvalue weighted by Gasteiger charge is -2.37. The van der Waals surface area contributed by atoms with Crippen molar-refractivity contribution < 1.29 is 19.1 Å². The monoisotopic (exact) mass is 406 g/mol. The van der Waals surface area contributed by atoms with Gasteiger partial charge in [0.2, 0.25) is 0 Å². The molecule has 2 rings (SSSR count). The molecule has 0 aromatic carbocycles. The van der Waals surface area contributed by atoms with Crippen LogP contribution in [0, 0.1) is 29.1 Å². The van der Waals surface area contributed by atoms with Gasteiger partial charge in [-0.25, -0.2) is 4.79 Å². The molecule has 0 spiro atoms. The van der Waals surface area contributed by atoms with E-state index >= 15 is 0 Å². The van der Waals surface area contributed by atoms with E-state index in [9.17, 15) is 9.59 Å². The SMILES string of the molecule is C=C(C)C(=O)OCC(C)(C)COC(=O)C1CCC(C2CCC(CCC)CC2)CC1. The lowest BCUT2D eigenvalue weighted by molar-refractivity contribution is -0.156. The lowest BCUT2D eigenvalue weighted by Crippen LogP contribution is -2.32. The Bertz CT molecular complexity index is 549. The summed E-state index contributed by atoms with van der Waals surface area (Å²) in [7, 11) is 0. The predicted octanol–water partition coefficient (Wildman–Crippen LogP) is 6.09. The average Bonchev–Trinajstić information content (AvgIpc) is 2.71. The van der Waals surface area contributed by atoms with Gasteiger partial charge >= 0.3 is 11.9 Å². The summed E-state index contributed by atoms with van der Waals surface area (Å²) in [6, 6.07) is 0. The standard InChI is InChI=1S/C25H42O4/c1-6-7-19-8-10-20(11-9-19)21-12-14-22(15-13-21)24(27)29-17-25(4,5)16-28-23(26)18(2)3/h19-22H,2,6-17H2,1,3-5H3. The van der Waals surface area contributed by atoms with Crippen LogP contribution in [0.5, 0.6) is 0 Å². The van der Waals surface area contributed by atoms with Crippen molar-refractivity contribution in [2.75, 3.05) is 13.2 Å². The van der Waals surface area contributed by atoms with Crippen LogP contribution in [0.2, 0.25) is 0 Å². The fourth-order valence-electron chi connectivity index (χ4n) is 4.99. The number of esters is 2. The van der Waals surface area contributed by atoms with Gasteiger partial charge in [-0.3, -0.25) is 4.79 Å². The normalized spacial score (nSPS) is 27.9. The molecular weight excluding hydrogens is 364 g/mol. The first-order chi connectivity index (χ1) is 13.7. The highest BCUT2D eigenvalue weighted by molar-refractivity contribution is 5.86. The molecule has 29 heavy (non-hydrogen) atoms. The number of carbonyl (C=O) groups is 2. The van der Waals surface area contributed by atoms with Gasteiger partial charge in [-0.1, -0.05) is 53.0 Å². The summed E-state index contributed by atoms with van der Waals surface area (Å²) in [5, 5.41) is 0. The highest BCUT2D eigenvalue weighted by Gasteiger charge is 2.34. The van der Waals surface area contributed by atoms with E-state index in [-0.39, 0.29) is 25.1 Å². The largest absolute Gasteiger partial charge is 0.465 e. The smallest absolute Gasteiger partial charge is 0.333 e. The molecule has 0 radical (unpaired) electrons. The molecule has 0 unspecified atom stereocenters. The molecule has 0 aromatic heterocycles. The molecule has 4 heteroatoms. The van der Waals surface area contributed by atoms with Crippen LogP contribution in [0.3, 0.4) is 0 Å². The molecule has 0 N–H and O–H groups in total. The van der Waals surface area contributed by atoms with Crippen molar-refractivity contribution in [3.05, 3.63) is 12.2 Å². The number of ether oxygens (including phenoxy) is 2. The Balaban J connectivity index is 1.68. The molecule has 2 aliphatic rings. The van der Waals surface area contributed by atoms with E-state index in [0.29, 0.717) is 5.57 Å². The number of hydrogen-bond donors (Lipinski definition) is 0. The summed E-state index contributed by atoms with van der Waals surface area (Å²) in [6.07, 6.45) is 12.6. The van der Waals surface area contributed by atoms with E-state index in [1.165, 1.54) is 51.4 Å². The number of rotatable bonds is 9. The van der Waals surface area contributed by atoms with Crippen molar-refractivity contribution in [3.63, 3.8) is 0 Å². The Kier molecular flexibility index (Phi) is 9.23. The van der Waals surface area contributed by atoms with Crippen LogP contribution in [0.1, 0.15) is 91.9 Å². The fourth-order valence-corrected chi connectivity index (χ4v) is 4.99. The van der Waals surface area contributed by atoms with Crippen molar-refractivity contribution in [3.8, 4) is 0 Å². The minimum absolute atomic E-state index is 0.0384. The second-order valence-electron chi connectivity index (χ2n) is 10.3. The van der Waals surface area contributed by atoms with E-state index in [1.807, 2.05) is 13.8 Å². The molecule has 0 saturated heterocycles. The maximum Gasteiger partial charge on any atom is 0.333 e. The maximum absolute atomic E-state index is 12.5. The first kappa shape index (κ1) is 24.0. The number of carbonyl (C=O) groups excluding carboxylic acids is 2. The molecular formula is C25H42O4. The second kappa shape index (κ2) is 11.2. The molecule has 0 atom stereocenters. The summed E-state index contributed by atoms with van der Waals surface area (Å²) < 4.78 is 10.8. The second-order valence-corrected chi connectivity index (χ2v) is 10.3. The Morgan fingerprint density at radius 2 is 1.41 bits per heavy atom. The van der Waals surface area contributed by atoms with Crippen LogP contribution < -0.4 is 0 Å². The van der Waals surface area contributed by atoms with Gasteiger partial charge in [0.05, 0.1) is 19.1 Å². The molecule has 0 bridgehead atoms. The number of hydrogen-bond acceptors (Lipinski definition) is 4. The molecule has 2 aliphatic carbocycles. The van der Waals surface area contributed by atoms with Gasteiger partial charge in [0.1, 0.15) is 0 Å². The van der Waals surface area contributed by atoms with Crippen molar-refractivity contribution in [2.24, 2.45) is 29.1 Å². The van der Waals surface area contributed by atoms with Crippen LogP contribution >= 0.6 is 0 Å². The third kappa shape index (κ3) is 7.79. The summed E-state index contributed by atoms with van der Waals surface area (Å²) in [4.78, 5) is 24.1. The van der Waals surface area contributed by atoms with E-state index in [1.54, 1.807) is 6.92 Å². The van der Waals surface area contributed by atoms with Crippen molar-refractivity contribution in [1.29, 1.82) is 0 Å². The maximum atomic E-state index is 12.5. The van der Waals surface area contributed by atoms with Crippen LogP contribution in [0.15, 0.2) is 12.2 Å². The summed E-state index contributed by atoms with van der Waals surface area (Å²) in [5.74, 6) is 2.21. The minimum atomic E-state index is -0.397. The molecule has 0 aliphatic heterocycles. The Labute approximate surface area is 177 Å². The fraction of sp³-hybridized carbons (Fsp3) is 0.840. The zero-order chi connectivity index (χ0) is 21.4. The van der Waals surface area contributed by atoms with Gasteiger partial charge < -0.3 is 9.47 Å². The van der Waals surface area contributed by atoms with Gasteiger partial charge in [-0.15, -0.1) is 0 Å². The molecule has 0 aromatic rings. The summed E-state index contributed by atoms with van der Waals surface area (Å²) >= 11 is 0. The Morgan fingerprint density at radius 3 is 1.93 bits per heavy atom. The molecule has 0 amide bonds. The zero-order valence-corrected chi connectivity index (χ0v) is 19.1. The third-order valence-corrected chi connectivity index (χ3v) is 6.91. The van der Waals surface area contributed by atoms with Crippen LogP contribution in [-0.4, -0.2) is 25.2 Å². The average molecular weight is 407 g/mol. The van der Waals surface area contributed by atoms with Crippen LogP contribution in [0.4, 0.5) is 0 Å². The highest BCUT2D eigenvalue weighted by Crippen LogP contribution is 2.42. The van der Waals surface area contributed by atoms with Gasteiger partial charge in [0, 0.05) is 11.0 Å². The lowest BCUT2D eigenvalue weighted by atomic mass is 9.69. The highest BCUT2D eigenvalue weighted by atomic mass is 16.5. The quantitative estimate of drug-likeness (QED) is 0.343. The predicted molar refractivity (Wildman–Crippen MR) is 116 cm³/mol. The first-order valence-electron chi connectivity index (χ1n) is 11.7. The van der Waals surface area contributed by atoms with Gasteiger partial charge in [0.15, 0.2) is 0 Å². The third-order valence-electron chi connectivity index (χ3n) is 6.91. The van der Waals surface area contributed by atoms with Gasteiger partial charge in [-0.05, 0) is 63.2 Å². The van der Waals surface area contributed by atoms with Crippen molar-refractivity contribution in [2.45, 2.75) is 91.9 Å². The van der Waals surface area contributed by atoms with E-state index in [0.717, 1.165) is 30.6 Å². The van der Waals surface area contributed by atoms with Gasteiger partial charge in [0.25, 0.3) is 0 Å².